The first kappa shape index (κ1) is 18.5. The first-order chi connectivity index (χ1) is 15.0. The highest BCUT2D eigenvalue weighted by atomic mass is 19.4. The molecule has 31 heavy (non-hydrogen) atoms. The van der Waals surface area contributed by atoms with Crippen molar-refractivity contribution in [1.29, 1.82) is 0 Å². The summed E-state index contributed by atoms with van der Waals surface area (Å²) < 4.78 is 39.7. The Morgan fingerprint density at radius 1 is 1.10 bits per heavy atom. The lowest BCUT2D eigenvalue weighted by Crippen LogP contribution is -2.26. The van der Waals surface area contributed by atoms with Crippen molar-refractivity contribution in [2.45, 2.75) is 37.9 Å². The fourth-order valence-corrected chi connectivity index (χ4v) is 5.13. The molecule has 2 fully saturated rings. The number of fused-ring (bicyclic) bond motifs is 4. The van der Waals surface area contributed by atoms with Crippen LogP contribution in [0.15, 0.2) is 36.8 Å². The van der Waals surface area contributed by atoms with Gasteiger partial charge in [-0.1, -0.05) is 6.42 Å². The van der Waals surface area contributed by atoms with Gasteiger partial charge in [-0.25, -0.2) is 15.0 Å². The molecule has 0 radical (unpaired) electrons. The molecular weight excluding hydrogens is 405 g/mol. The molecular formula is C22H19F3N6. The Labute approximate surface area is 175 Å². The molecule has 9 heteroatoms. The molecule has 2 saturated carbocycles. The average molecular weight is 424 g/mol. The van der Waals surface area contributed by atoms with Crippen molar-refractivity contribution in [3.05, 3.63) is 42.4 Å². The SMILES string of the molecule is FC(F)(F)c1cnc2[nH]cc(-c3nc(NC4CC5CCC4C5)c4ncccc4n3)c2c1. The fraction of sp³-hybridized carbons (Fsp3) is 0.364. The van der Waals surface area contributed by atoms with E-state index in [-0.39, 0.29) is 0 Å². The van der Waals surface area contributed by atoms with Gasteiger partial charge in [-0.2, -0.15) is 13.2 Å². The topological polar surface area (TPSA) is 79.4 Å². The second-order valence-electron chi connectivity index (χ2n) is 8.51. The highest BCUT2D eigenvalue weighted by Gasteiger charge is 2.40. The zero-order valence-corrected chi connectivity index (χ0v) is 16.4. The highest BCUT2D eigenvalue weighted by Crippen LogP contribution is 2.46. The number of H-pyrrole nitrogens is 1. The first-order valence-electron chi connectivity index (χ1n) is 10.4. The number of hydrogen-bond acceptors (Lipinski definition) is 5. The molecule has 0 amide bonds. The number of aromatic amines is 1. The normalized spacial score (nSPS) is 23.1. The van der Waals surface area contributed by atoms with Crippen LogP contribution < -0.4 is 5.32 Å². The molecule has 2 N–H and O–H groups in total. The standard InChI is InChI=1S/C22H19F3N6/c23-22(24,25)13-8-14-15(10-28-19(14)27-9-13)20-29-16-2-1-5-26-18(16)21(31-20)30-17-7-11-3-4-12(17)6-11/h1-2,5,8-12,17H,3-4,6-7H2,(H,27,28)(H,29,30,31). The molecule has 2 bridgehead atoms. The molecule has 4 heterocycles. The minimum atomic E-state index is -4.47. The van der Waals surface area contributed by atoms with Crippen LogP contribution in [-0.2, 0) is 6.18 Å². The van der Waals surface area contributed by atoms with Gasteiger partial charge in [0.25, 0.3) is 0 Å². The molecule has 3 unspecified atom stereocenters. The molecule has 158 valence electrons. The minimum Gasteiger partial charge on any atom is -0.365 e. The van der Waals surface area contributed by atoms with Crippen LogP contribution in [0.3, 0.4) is 0 Å². The number of pyridine rings is 2. The molecule has 0 aliphatic heterocycles. The van der Waals surface area contributed by atoms with Crippen LogP contribution in [0.2, 0.25) is 0 Å². The summed E-state index contributed by atoms with van der Waals surface area (Å²) in [6.07, 6.45) is 4.54. The van der Waals surface area contributed by atoms with Crippen molar-refractivity contribution in [1.82, 2.24) is 24.9 Å². The summed E-state index contributed by atoms with van der Waals surface area (Å²) in [5.41, 5.74) is 1.36. The number of aromatic nitrogens is 5. The van der Waals surface area contributed by atoms with Gasteiger partial charge < -0.3 is 10.3 Å². The second-order valence-corrected chi connectivity index (χ2v) is 8.51. The summed E-state index contributed by atoms with van der Waals surface area (Å²) in [6.45, 7) is 0. The Hall–Kier alpha value is -3.23. The maximum Gasteiger partial charge on any atom is 0.417 e. The third kappa shape index (κ3) is 3.10. The Kier molecular flexibility index (Phi) is 3.97. The van der Waals surface area contributed by atoms with Crippen LogP contribution >= 0.6 is 0 Å². The van der Waals surface area contributed by atoms with Gasteiger partial charge in [-0.05, 0) is 49.3 Å². The summed E-state index contributed by atoms with van der Waals surface area (Å²) in [7, 11) is 0. The molecule has 0 spiro atoms. The number of hydrogen-bond donors (Lipinski definition) is 2. The Bertz CT molecular complexity index is 1300. The first-order valence-corrected chi connectivity index (χ1v) is 10.4. The van der Waals surface area contributed by atoms with Gasteiger partial charge >= 0.3 is 6.18 Å². The number of nitrogens with zero attached hydrogens (tertiary/aromatic N) is 4. The quantitative estimate of drug-likeness (QED) is 0.473. The van der Waals surface area contributed by atoms with Crippen molar-refractivity contribution in [3.63, 3.8) is 0 Å². The molecule has 4 aromatic heterocycles. The monoisotopic (exact) mass is 424 g/mol. The third-order valence-corrected chi connectivity index (χ3v) is 6.61. The maximum atomic E-state index is 13.2. The number of anilines is 1. The molecule has 3 atom stereocenters. The predicted octanol–water partition coefficient (Wildman–Crippen LogP) is 5.19. The van der Waals surface area contributed by atoms with Crippen LogP contribution in [0, 0.1) is 11.8 Å². The van der Waals surface area contributed by atoms with Crippen molar-refractivity contribution in [2.24, 2.45) is 11.8 Å². The van der Waals surface area contributed by atoms with Crippen molar-refractivity contribution < 1.29 is 13.2 Å². The van der Waals surface area contributed by atoms with E-state index < -0.39 is 11.7 Å². The van der Waals surface area contributed by atoms with Gasteiger partial charge in [0.15, 0.2) is 11.6 Å². The number of rotatable bonds is 3. The molecule has 0 aromatic carbocycles. The zero-order valence-electron chi connectivity index (χ0n) is 16.4. The van der Waals surface area contributed by atoms with Crippen LogP contribution in [-0.4, -0.2) is 31.0 Å². The minimum absolute atomic E-state index is 0.337. The van der Waals surface area contributed by atoms with Gasteiger partial charge in [0, 0.05) is 35.6 Å². The molecule has 2 aliphatic carbocycles. The summed E-state index contributed by atoms with van der Waals surface area (Å²) in [6, 6.07) is 5.06. The van der Waals surface area contributed by atoms with E-state index in [4.69, 9.17) is 4.98 Å². The van der Waals surface area contributed by atoms with Gasteiger partial charge in [0.1, 0.15) is 11.2 Å². The second kappa shape index (κ2) is 6.63. The van der Waals surface area contributed by atoms with E-state index in [1.165, 1.54) is 19.3 Å². The van der Waals surface area contributed by atoms with Crippen LogP contribution in [0.1, 0.15) is 31.2 Å². The summed E-state index contributed by atoms with van der Waals surface area (Å²) >= 11 is 0. The lowest BCUT2D eigenvalue weighted by molar-refractivity contribution is -0.137. The van der Waals surface area contributed by atoms with Gasteiger partial charge in [0.05, 0.1) is 11.1 Å². The molecule has 0 saturated heterocycles. The van der Waals surface area contributed by atoms with Crippen molar-refractivity contribution in [2.75, 3.05) is 5.32 Å². The Balaban J connectivity index is 1.47. The Morgan fingerprint density at radius 2 is 2.00 bits per heavy atom. The lowest BCUT2D eigenvalue weighted by atomic mass is 9.95. The van der Waals surface area contributed by atoms with Gasteiger partial charge in [-0.15, -0.1) is 0 Å². The summed E-state index contributed by atoms with van der Waals surface area (Å²) in [4.78, 5) is 20.6. The number of nitrogens with one attached hydrogen (secondary N) is 2. The molecule has 2 aliphatic rings. The number of alkyl halides is 3. The van der Waals surface area contributed by atoms with Crippen LogP contribution in [0.5, 0.6) is 0 Å². The van der Waals surface area contributed by atoms with E-state index in [9.17, 15) is 13.2 Å². The van der Waals surface area contributed by atoms with E-state index in [0.29, 0.717) is 51.2 Å². The largest absolute Gasteiger partial charge is 0.417 e. The van der Waals surface area contributed by atoms with E-state index in [1.54, 1.807) is 18.5 Å². The third-order valence-electron chi connectivity index (χ3n) is 6.61. The smallest absolute Gasteiger partial charge is 0.365 e. The maximum absolute atomic E-state index is 13.2. The van der Waals surface area contributed by atoms with Crippen LogP contribution in [0.25, 0.3) is 33.5 Å². The Morgan fingerprint density at radius 3 is 2.77 bits per heavy atom. The zero-order chi connectivity index (χ0) is 21.2. The van der Waals surface area contributed by atoms with Gasteiger partial charge in [-0.3, -0.25) is 4.98 Å². The van der Waals surface area contributed by atoms with E-state index in [0.717, 1.165) is 24.6 Å². The predicted molar refractivity (Wildman–Crippen MR) is 110 cm³/mol. The average Bonchev–Trinajstić information content (AvgIpc) is 3.48. The van der Waals surface area contributed by atoms with Gasteiger partial charge in [0.2, 0.25) is 0 Å². The van der Waals surface area contributed by atoms with Crippen LogP contribution in [0.4, 0.5) is 19.0 Å². The molecule has 6 nitrogen and oxygen atoms in total. The highest BCUT2D eigenvalue weighted by molar-refractivity contribution is 5.94. The van der Waals surface area contributed by atoms with E-state index in [2.05, 4.69) is 25.3 Å². The number of halogens is 3. The van der Waals surface area contributed by atoms with E-state index in [1.807, 2.05) is 6.07 Å². The molecule has 4 aromatic rings. The van der Waals surface area contributed by atoms with Crippen molar-refractivity contribution >= 4 is 27.9 Å². The fourth-order valence-electron chi connectivity index (χ4n) is 5.13. The lowest BCUT2D eigenvalue weighted by Gasteiger charge is -2.24. The molecule has 6 rings (SSSR count). The van der Waals surface area contributed by atoms with Crippen molar-refractivity contribution in [3.8, 4) is 11.4 Å². The summed E-state index contributed by atoms with van der Waals surface area (Å²) in [5, 5.41) is 3.92. The summed E-state index contributed by atoms with van der Waals surface area (Å²) in [5.74, 6) is 2.38. The van der Waals surface area contributed by atoms with E-state index >= 15 is 0 Å².